The summed E-state index contributed by atoms with van der Waals surface area (Å²) >= 11 is 0. The molecule has 0 aromatic heterocycles. The molecule has 0 aliphatic rings. The molecule has 3 nitrogen and oxygen atoms in total. The van der Waals surface area contributed by atoms with Crippen LogP contribution in [0.2, 0.25) is 0 Å². The molecule has 0 spiro atoms. The molecule has 0 fully saturated rings. The monoisotopic (exact) mass is 329 g/mol. The number of benzene rings is 2. The van der Waals surface area contributed by atoms with Crippen molar-refractivity contribution in [1.29, 1.82) is 0 Å². The van der Waals surface area contributed by atoms with Crippen molar-refractivity contribution in [2.75, 3.05) is 7.05 Å². The number of rotatable bonds is 4. The molecule has 4 heteroatoms. The van der Waals surface area contributed by atoms with E-state index in [1.165, 1.54) is 22.3 Å². The van der Waals surface area contributed by atoms with Crippen molar-refractivity contribution in [1.82, 2.24) is 4.90 Å². The molecular formula is C19H24ClN3. The minimum absolute atomic E-state index is 0. The third kappa shape index (κ3) is 5.53. The molecule has 122 valence electrons. The quantitative estimate of drug-likeness (QED) is 0.553. The zero-order valence-corrected chi connectivity index (χ0v) is 15.2. The van der Waals surface area contributed by atoms with Crippen LogP contribution in [0.15, 0.2) is 46.4 Å². The van der Waals surface area contributed by atoms with Gasteiger partial charge in [-0.3, -0.25) is 0 Å². The molecule has 23 heavy (non-hydrogen) atoms. The molecule has 2 aromatic carbocycles. The lowest BCUT2D eigenvalue weighted by Crippen LogP contribution is -2.12. The third-order valence-corrected chi connectivity index (χ3v) is 3.46. The SMILES string of the molecule is Cc1ccc(N=CN(C)C=Nc2ccc(C)cc2C)c(C)c1.Cl. The van der Waals surface area contributed by atoms with Gasteiger partial charge in [0.1, 0.15) is 0 Å². The fourth-order valence-corrected chi connectivity index (χ4v) is 2.24. The zero-order chi connectivity index (χ0) is 16.1. The summed E-state index contributed by atoms with van der Waals surface area (Å²) in [6.07, 6.45) is 3.56. The van der Waals surface area contributed by atoms with Crippen LogP contribution in [0, 0.1) is 27.7 Å². The molecule has 0 heterocycles. The predicted molar refractivity (Wildman–Crippen MR) is 103 cm³/mol. The van der Waals surface area contributed by atoms with Crippen molar-refractivity contribution in [3.05, 3.63) is 58.7 Å². The molecule has 0 atom stereocenters. The van der Waals surface area contributed by atoms with E-state index in [1.807, 2.05) is 24.1 Å². The molecule has 0 aliphatic heterocycles. The van der Waals surface area contributed by atoms with Crippen molar-refractivity contribution < 1.29 is 0 Å². The van der Waals surface area contributed by atoms with Gasteiger partial charge in [-0.2, -0.15) is 0 Å². The summed E-state index contributed by atoms with van der Waals surface area (Å²) in [5.74, 6) is 0. The van der Waals surface area contributed by atoms with Crippen LogP contribution in [0.3, 0.4) is 0 Å². The minimum Gasteiger partial charge on any atom is -0.326 e. The van der Waals surface area contributed by atoms with Crippen LogP contribution < -0.4 is 0 Å². The summed E-state index contributed by atoms with van der Waals surface area (Å²) < 4.78 is 0. The van der Waals surface area contributed by atoms with Crippen LogP contribution >= 0.6 is 12.4 Å². The van der Waals surface area contributed by atoms with E-state index in [2.05, 4.69) is 61.9 Å². The van der Waals surface area contributed by atoms with E-state index >= 15 is 0 Å². The standard InChI is InChI=1S/C19H23N3.ClH/c1-14-6-8-18(16(3)10-14)20-12-22(5)13-21-19-9-7-15(2)11-17(19)4;/h6-13H,1-5H3;1H. The highest BCUT2D eigenvalue weighted by Crippen LogP contribution is 2.20. The van der Waals surface area contributed by atoms with Gasteiger partial charge in [-0.1, -0.05) is 35.4 Å². The number of aliphatic imine (C=N–C) groups is 2. The van der Waals surface area contributed by atoms with E-state index in [-0.39, 0.29) is 12.4 Å². The van der Waals surface area contributed by atoms with Gasteiger partial charge in [-0.25, -0.2) is 9.98 Å². The molecule has 0 aliphatic carbocycles. The van der Waals surface area contributed by atoms with Gasteiger partial charge in [0.15, 0.2) is 0 Å². The Morgan fingerprint density at radius 2 is 1.13 bits per heavy atom. The van der Waals surface area contributed by atoms with Gasteiger partial charge >= 0.3 is 0 Å². The molecule has 0 N–H and O–H groups in total. The summed E-state index contributed by atoms with van der Waals surface area (Å²) in [7, 11) is 1.93. The first-order valence-corrected chi connectivity index (χ1v) is 7.40. The maximum Gasteiger partial charge on any atom is 0.0961 e. The predicted octanol–water partition coefficient (Wildman–Crippen LogP) is 5.29. The first kappa shape index (κ1) is 18.9. The Labute approximate surface area is 145 Å². The Kier molecular flexibility index (Phi) is 6.98. The van der Waals surface area contributed by atoms with Crippen molar-refractivity contribution in [3.63, 3.8) is 0 Å². The lowest BCUT2D eigenvalue weighted by molar-refractivity contribution is 0.801. The topological polar surface area (TPSA) is 28.0 Å². The Balaban J connectivity index is 0.00000264. The Hall–Kier alpha value is -2.13. The second-order valence-electron chi connectivity index (χ2n) is 5.73. The number of aryl methyl sites for hydroxylation is 4. The average Bonchev–Trinajstić information content (AvgIpc) is 2.45. The molecule has 0 unspecified atom stereocenters. The van der Waals surface area contributed by atoms with Crippen molar-refractivity contribution in [2.45, 2.75) is 27.7 Å². The number of nitrogens with zero attached hydrogens (tertiary/aromatic N) is 3. The van der Waals surface area contributed by atoms with Crippen molar-refractivity contribution in [2.24, 2.45) is 9.98 Å². The third-order valence-electron chi connectivity index (χ3n) is 3.46. The summed E-state index contributed by atoms with van der Waals surface area (Å²) in [6.45, 7) is 8.32. The zero-order valence-electron chi connectivity index (χ0n) is 14.4. The number of hydrogen-bond donors (Lipinski definition) is 0. The lowest BCUT2D eigenvalue weighted by Gasteiger charge is -2.07. The van der Waals surface area contributed by atoms with E-state index in [0.717, 1.165) is 11.4 Å². The summed E-state index contributed by atoms with van der Waals surface area (Å²) in [6, 6.07) is 12.5. The molecule has 2 aromatic rings. The second kappa shape index (κ2) is 8.49. The highest BCUT2D eigenvalue weighted by Gasteiger charge is 1.97. The lowest BCUT2D eigenvalue weighted by atomic mass is 10.1. The smallest absolute Gasteiger partial charge is 0.0961 e. The van der Waals surface area contributed by atoms with E-state index in [0.29, 0.717) is 0 Å². The van der Waals surface area contributed by atoms with Crippen LogP contribution in [-0.4, -0.2) is 24.6 Å². The van der Waals surface area contributed by atoms with Gasteiger partial charge in [0.2, 0.25) is 0 Å². The normalized spacial score (nSPS) is 11.0. The van der Waals surface area contributed by atoms with Gasteiger partial charge in [0.25, 0.3) is 0 Å². The highest BCUT2D eigenvalue weighted by atomic mass is 35.5. The molecule has 0 saturated carbocycles. The molecule has 0 saturated heterocycles. The average molecular weight is 330 g/mol. The minimum atomic E-state index is 0. The van der Waals surface area contributed by atoms with Crippen LogP contribution in [0.25, 0.3) is 0 Å². The van der Waals surface area contributed by atoms with Gasteiger partial charge in [-0.15, -0.1) is 12.4 Å². The largest absolute Gasteiger partial charge is 0.326 e. The Morgan fingerprint density at radius 1 is 0.739 bits per heavy atom. The number of hydrogen-bond acceptors (Lipinski definition) is 2. The maximum atomic E-state index is 4.51. The van der Waals surface area contributed by atoms with E-state index in [1.54, 1.807) is 12.7 Å². The molecular weight excluding hydrogens is 306 g/mol. The summed E-state index contributed by atoms with van der Waals surface area (Å²) in [5, 5.41) is 0. The molecule has 0 radical (unpaired) electrons. The van der Waals surface area contributed by atoms with Crippen molar-refractivity contribution in [3.8, 4) is 0 Å². The van der Waals surface area contributed by atoms with E-state index in [9.17, 15) is 0 Å². The van der Waals surface area contributed by atoms with Crippen molar-refractivity contribution >= 4 is 36.5 Å². The molecule has 0 bridgehead atoms. The van der Waals surface area contributed by atoms with Gasteiger partial charge in [0, 0.05) is 7.05 Å². The van der Waals surface area contributed by atoms with E-state index in [4.69, 9.17) is 0 Å². The molecule has 0 amide bonds. The Bertz CT molecular complexity index is 659. The second-order valence-corrected chi connectivity index (χ2v) is 5.73. The summed E-state index contributed by atoms with van der Waals surface area (Å²) in [5.41, 5.74) is 6.82. The Morgan fingerprint density at radius 3 is 1.48 bits per heavy atom. The summed E-state index contributed by atoms with van der Waals surface area (Å²) in [4.78, 5) is 10.9. The fraction of sp³-hybridized carbons (Fsp3) is 0.263. The first-order valence-electron chi connectivity index (χ1n) is 7.40. The first-order chi connectivity index (χ1) is 10.5. The van der Waals surface area contributed by atoms with Gasteiger partial charge < -0.3 is 4.90 Å². The molecule has 2 rings (SSSR count). The van der Waals surface area contributed by atoms with Crippen LogP contribution in [-0.2, 0) is 0 Å². The maximum absolute atomic E-state index is 4.51. The fourth-order valence-electron chi connectivity index (χ4n) is 2.24. The van der Waals surface area contributed by atoms with Gasteiger partial charge in [-0.05, 0) is 51.0 Å². The van der Waals surface area contributed by atoms with Gasteiger partial charge in [0.05, 0.1) is 24.1 Å². The van der Waals surface area contributed by atoms with Crippen LogP contribution in [0.1, 0.15) is 22.3 Å². The van der Waals surface area contributed by atoms with E-state index < -0.39 is 0 Å². The van der Waals surface area contributed by atoms with Crippen LogP contribution in [0.4, 0.5) is 11.4 Å². The highest BCUT2D eigenvalue weighted by molar-refractivity contribution is 5.85. The number of halogens is 1. The van der Waals surface area contributed by atoms with Crippen LogP contribution in [0.5, 0.6) is 0 Å².